The van der Waals surface area contributed by atoms with Crippen molar-refractivity contribution in [1.29, 1.82) is 0 Å². The highest BCUT2D eigenvalue weighted by molar-refractivity contribution is 5.86. The van der Waals surface area contributed by atoms with E-state index in [0.29, 0.717) is 35.2 Å². The Morgan fingerprint density at radius 2 is 1.73 bits per heavy atom. The molecule has 2 aliphatic heterocycles. The van der Waals surface area contributed by atoms with E-state index in [-0.39, 0.29) is 29.2 Å². The second-order valence-corrected chi connectivity index (χ2v) is 13.8. The van der Waals surface area contributed by atoms with Crippen LogP contribution >= 0.6 is 0 Å². The highest BCUT2D eigenvalue weighted by Crippen LogP contribution is 2.34. The van der Waals surface area contributed by atoms with E-state index in [1.807, 2.05) is 37.6 Å². The number of piperidine rings is 2. The molecule has 1 aromatic carbocycles. The number of anilines is 2. The number of aromatic nitrogens is 2. The summed E-state index contributed by atoms with van der Waals surface area (Å²) in [5.41, 5.74) is 15.1. The first-order valence-electron chi connectivity index (χ1n) is 15.9. The van der Waals surface area contributed by atoms with Gasteiger partial charge in [-0.3, -0.25) is 14.4 Å². The average Bonchev–Trinajstić information content (AvgIpc) is 3.26. The Bertz CT molecular complexity index is 1300. The number of nitrogen functional groups attached to an aromatic ring is 1. The Balaban J connectivity index is 1.33. The smallest absolute Gasteiger partial charge is 0.234 e. The molecule has 2 fully saturated rings. The molecule has 4 rings (SSSR count). The molecular weight excluding hydrogens is 556 g/mol. The number of nitrogens with one attached hydrogen (secondary N) is 2. The van der Waals surface area contributed by atoms with E-state index in [1.165, 1.54) is 0 Å². The van der Waals surface area contributed by atoms with Gasteiger partial charge in [-0.25, -0.2) is 0 Å². The van der Waals surface area contributed by atoms with Gasteiger partial charge in [-0.15, -0.1) is 0 Å². The van der Waals surface area contributed by atoms with Gasteiger partial charge in [0.05, 0.1) is 24.3 Å². The summed E-state index contributed by atoms with van der Waals surface area (Å²) in [6.45, 7) is 15.1. The Hall–Kier alpha value is -3.57. The highest BCUT2D eigenvalue weighted by atomic mass is 16.3. The van der Waals surface area contributed by atoms with Gasteiger partial charge in [0.25, 0.3) is 0 Å². The number of hydrogen-bond donors (Lipinski definition) is 5. The summed E-state index contributed by atoms with van der Waals surface area (Å²) in [5, 5.41) is 21.5. The first kappa shape index (κ1) is 33.3. The molecule has 1 atom stereocenters. The van der Waals surface area contributed by atoms with Crippen LogP contribution in [-0.2, 0) is 9.59 Å². The largest absolute Gasteiger partial charge is 0.507 e. The van der Waals surface area contributed by atoms with Crippen molar-refractivity contribution in [3.63, 3.8) is 0 Å². The number of nitrogens with zero attached hydrogens (tertiary/aromatic N) is 4. The number of para-hydroxylation sites is 1. The molecule has 2 aromatic rings. The first-order valence-corrected chi connectivity index (χ1v) is 15.9. The number of benzene rings is 1. The molecule has 7 N–H and O–H groups in total. The van der Waals surface area contributed by atoms with Gasteiger partial charge in [0.15, 0.2) is 5.82 Å². The zero-order valence-electron chi connectivity index (χ0n) is 27.1. The molecule has 44 heavy (non-hydrogen) atoms. The molecular formula is C33H52N8O3. The van der Waals surface area contributed by atoms with Gasteiger partial charge in [0, 0.05) is 36.9 Å². The third-order valence-corrected chi connectivity index (χ3v) is 8.80. The van der Waals surface area contributed by atoms with Crippen molar-refractivity contribution in [3.05, 3.63) is 35.5 Å². The number of amides is 1. The minimum Gasteiger partial charge on any atom is -0.507 e. The van der Waals surface area contributed by atoms with E-state index in [0.717, 1.165) is 70.4 Å². The fourth-order valence-electron chi connectivity index (χ4n) is 6.12. The van der Waals surface area contributed by atoms with Crippen molar-refractivity contribution >= 4 is 35.5 Å². The van der Waals surface area contributed by atoms with Crippen molar-refractivity contribution < 1.29 is 14.7 Å². The Labute approximate surface area is 262 Å². The van der Waals surface area contributed by atoms with Crippen molar-refractivity contribution in [1.82, 2.24) is 24.9 Å². The van der Waals surface area contributed by atoms with Crippen LogP contribution in [0.1, 0.15) is 77.6 Å². The lowest BCUT2D eigenvalue weighted by molar-refractivity contribution is -0.126. The lowest BCUT2D eigenvalue weighted by Crippen LogP contribution is -2.50. The number of likely N-dealkylation sites (tertiary alicyclic amines) is 2. The van der Waals surface area contributed by atoms with Gasteiger partial charge in [0.1, 0.15) is 17.7 Å². The molecule has 2 saturated heterocycles. The molecule has 0 spiro atoms. The number of aromatic hydroxyl groups is 1. The van der Waals surface area contributed by atoms with Crippen LogP contribution in [0.3, 0.4) is 0 Å². The summed E-state index contributed by atoms with van der Waals surface area (Å²) in [6.07, 6.45) is 6.67. The number of carbonyl (C=O) groups is 2. The molecule has 0 aliphatic carbocycles. The normalized spacial score (nSPS) is 18.8. The van der Waals surface area contributed by atoms with Gasteiger partial charge in [-0.1, -0.05) is 32.9 Å². The van der Waals surface area contributed by atoms with Crippen LogP contribution in [0.5, 0.6) is 5.75 Å². The van der Waals surface area contributed by atoms with Crippen LogP contribution in [0.25, 0.3) is 11.8 Å². The molecule has 1 unspecified atom stereocenters. The zero-order valence-corrected chi connectivity index (χ0v) is 27.1. The third kappa shape index (κ3) is 8.53. The Morgan fingerprint density at radius 3 is 2.32 bits per heavy atom. The average molecular weight is 609 g/mol. The molecule has 0 radical (unpaired) electrons. The predicted molar refractivity (Wildman–Crippen MR) is 177 cm³/mol. The molecule has 11 heteroatoms. The van der Waals surface area contributed by atoms with Gasteiger partial charge in [0.2, 0.25) is 5.91 Å². The number of nitrogens with two attached hydrogens (primary N) is 2. The number of carbonyl (C=O) groups excluding carboxylic acids is 2. The molecule has 3 heterocycles. The number of aldehydes is 1. The minimum atomic E-state index is -0.478. The van der Waals surface area contributed by atoms with Gasteiger partial charge in [-0.05, 0) is 82.2 Å². The lowest BCUT2D eigenvalue weighted by atomic mass is 9.87. The fourth-order valence-corrected chi connectivity index (χ4v) is 6.12. The summed E-state index contributed by atoms with van der Waals surface area (Å²) in [7, 11) is 0. The molecule has 2 aliphatic rings. The number of rotatable bonds is 11. The topological polar surface area (TPSA) is 155 Å². The Morgan fingerprint density at radius 1 is 1.09 bits per heavy atom. The van der Waals surface area contributed by atoms with Crippen LogP contribution in [0.4, 0.5) is 11.5 Å². The quantitative estimate of drug-likeness (QED) is 0.241. The fraction of sp³-hybridized carbons (Fsp3) is 0.606. The van der Waals surface area contributed by atoms with Crippen molar-refractivity contribution in [2.24, 2.45) is 17.1 Å². The summed E-state index contributed by atoms with van der Waals surface area (Å²) >= 11 is 0. The van der Waals surface area contributed by atoms with E-state index < -0.39 is 6.04 Å². The maximum absolute atomic E-state index is 12.6. The molecule has 0 saturated carbocycles. The molecule has 1 amide bonds. The summed E-state index contributed by atoms with van der Waals surface area (Å²) in [4.78, 5) is 28.7. The van der Waals surface area contributed by atoms with E-state index in [1.54, 1.807) is 18.2 Å². The van der Waals surface area contributed by atoms with E-state index >= 15 is 0 Å². The van der Waals surface area contributed by atoms with E-state index in [2.05, 4.69) is 34.3 Å². The minimum absolute atomic E-state index is 0.0832. The van der Waals surface area contributed by atoms with E-state index in [4.69, 9.17) is 16.6 Å². The van der Waals surface area contributed by atoms with Crippen molar-refractivity contribution in [3.8, 4) is 5.75 Å². The maximum atomic E-state index is 12.6. The lowest BCUT2D eigenvalue weighted by Gasteiger charge is -2.38. The number of phenols is 1. The van der Waals surface area contributed by atoms with Crippen LogP contribution < -0.4 is 22.1 Å². The third-order valence-electron chi connectivity index (χ3n) is 8.80. The van der Waals surface area contributed by atoms with E-state index in [9.17, 15) is 14.7 Å². The second-order valence-electron chi connectivity index (χ2n) is 13.8. The van der Waals surface area contributed by atoms with Crippen LogP contribution in [0.2, 0.25) is 0 Å². The predicted octanol–water partition coefficient (Wildman–Crippen LogP) is 3.53. The van der Waals surface area contributed by atoms with Crippen molar-refractivity contribution in [2.75, 3.05) is 50.3 Å². The first-order chi connectivity index (χ1) is 20.8. The zero-order chi connectivity index (χ0) is 32.0. The second kappa shape index (κ2) is 14.5. The molecule has 0 bridgehead atoms. The molecule has 1 aromatic heterocycles. The molecule has 11 nitrogen and oxygen atoms in total. The highest BCUT2D eigenvalue weighted by Gasteiger charge is 2.30. The standard InChI is InChI=1S/C33H52N8O3/c1-22(2)36-32-31(35)27(18-26(34)25-8-6-7-9-28(25)43)41(38-32)24-12-16-39(17-13-24)19-23-10-14-40(15-11-23)20-30(44)37-29(21-42)33(3,4)5/h6-9,18,21-24,29,43H,10-17,19-20,34-35H2,1-5H3,(H,36,38)(H,37,44)/b26-18-. The monoisotopic (exact) mass is 608 g/mol. The van der Waals surface area contributed by atoms with Crippen molar-refractivity contribution in [2.45, 2.75) is 78.4 Å². The maximum Gasteiger partial charge on any atom is 0.234 e. The number of phenolic OH excluding ortho intramolecular Hbond substituents is 1. The molecule has 242 valence electrons. The number of hydrogen-bond acceptors (Lipinski definition) is 9. The summed E-state index contributed by atoms with van der Waals surface area (Å²) in [5.74, 6) is 1.29. The van der Waals surface area contributed by atoms with Crippen LogP contribution in [-0.4, -0.2) is 88.2 Å². The SMILES string of the molecule is CC(C)Nc1nn(C2CCN(CC3CCN(CC(=O)NC(C=O)C(C)(C)C)CC3)CC2)c(/C=C(\N)c2ccccc2O)c1N. The van der Waals surface area contributed by atoms with Crippen LogP contribution in [0, 0.1) is 11.3 Å². The summed E-state index contributed by atoms with van der Waals surface area (Å²) < 4.78 is 2.02. The van der Waals surface area contributed by atoms with Gasteiger partial charge in [-0.2, -0.15) is 5.10 Å². The Kier molecular flexibility index (Phi) is 11.0. The van der Waals surface area contributed by atoms with Gasteiger partial charge >= 0.3 is 0 Å². The summed E-state index contributed by atoms with van der Waals surface area (Å²) in [6, 6.07) is 6.90. The van der Waals surface area contributed by atoms with Gasteiger partial charge < -0.3 is 36.9 Å². The van der Waals surface area contributed by atoms with Crippen LogP contribution in [0.15, 0.2) is 24.3 Å².